The number of amides is 2. The number of rotatable bonds is 8. The van der Waals surface area contributed by atoms with Crippen LogP contribution in [-0.4, -0.2) is 52.3 Å². The number of aryl methyl sites for hydroxylation is 1. The van der Waals surface area contributed by atoms with Crippen molar-refractivity contribution in [3.8, 4) is 11.3 Å². The SMILES string of the molecule is CC(C)C[C@H](CCNC(=O)N1CCC(c2cc(-c3cccc(Cl)c3Cl)nn2C)CC1)N=C(N)N. The molecular weight excluding hydrogens is 473 g/mol. The Morgan fingerprint density at radius 3 is 2.62 bits per heavy atom. The van der Waals surface area contributed by atoms with Gasteiger partial charge in [0.25, 0.3) is 0 Å². The molecule has 8 nitrogen and oxygen atoms in total. The molecule has 0 saturated carbocycles. The predicted molar refractivity (Wildman–Crippen MR) is 139 cm³/mol. The van der Waals surface area contributed by atoms with Crippen LogP contribution in [0.25, 0.3) is 11.3 Å². The second kappa shape index (κ2) is 11.8. The molecule has 2 amide bonds. The number of nitrogens with one attached hydrogen (secondary N) is 1. The minimum absolute atomic E-state index is 0.0167. The highest BCUT2D eigenvalue weighted by Gasteiger charge is 2.26. The Morgan fingerprint density at radius 2 is 1.97 bits per heavy atom. The number of piperidine rings is 1. The fourth-order valence-electron chi connectivity index (χ4n) is 4.52. The van der Waals surface area contributed by atoms with Crippen molar-refractivity contribution in [1.29, 1.82) is 0 Å². The molecule has 1 atom stereocenters. The van der Waals surface area contributed by atoms with E-state index < -0.39 is 0 Å². The van der Waals surface area contributed by atoms with Crippen molar-refractivity contribution in [2.24, 2.45) is 29.4 Å². The van der Waals surface area contributed by atoms with Gasteiger partial charge in [0.2, 0.25) is 0 Å². The molecule has 0 radical (unpaired) electrons. The predicted octanol–water partition coefficient (Wildman–Crippen LogP) is 4.36. The molecule has 0 spiro atoms. The smallest absolute Gasteiger partial charge is 0.317 e. The molecule has 10 heteroatoms. The summed E-state index contributed by atoms with van der Waals surface area (Å²) in [4.78, 5) is 18.8. The Hall–Kier alpha value is -2.45. The summed E-state index contributed by atoms with van der Waals surface area (Å²) in [6.07, 6.45) is 3.34. The van der Waals surface area contributed by atoms with Crippen LogP contribution in [0.15, 0.2) is 29.3 Å². The van der Waals surface area contributed by atoms with Gasteiger partial charge >= 0.3 is 6.03 Å². The normalized spacial score (nSPS) is 15.4. The first kappa shape index (κ1) is 26.2. The highest BCUT2D eigenvalue weighted by Crippen LogP contribution is 2.35. The molecule has 186 valence electrons. The Bertz CT molecular complexity index is 1010. The average molecular weight is 508 g/mol. The maximum atomic E-state index is 12.7. The van der Waals surface area contributed by atoms with Crippen LogP contribution in [0.3, 0.4) is 0 Å². The van der Waals surface area contributed by atoms with E-state index >= 15 is 0 Å². The summed E-state index contributed by atoms with van der Waals surface area (Å²) in [5, 5.41) is 8.71. The summed E-state index contributed by atoms with van der Waals surface area (Å²) in [6, 6.07) is 7.62. The number of benzene rings is 1. The minimum Gasteiger partial charge on any atom is -0.370 e. The molecule has 5 N–H and O–H groups in total. The van der Waals surface area contributed by atoms with Crippen LogP contribution in [0.1, 0.15) is 51.1 Å². The number of guanidine groups is 1. The maximum Gasteiger partial charge on any atom is 0.317 e. The lowest BCUT2D eigenvalue weighted by Gasteiger charge is -2.32. The van der Waals surface area contributed by atoms with Crippen LogP contribution in [-0.2, 0) is 7.05 Å². The number of carbonyl (C=O) groups is 1. The average Bonchev–Trinajstić information content (AvgIpc) is 3.16. The Balaban J connectivity index is 1.53. The molecule has 2 aromatic rings. The number of aliphatic imine (C=N–C) groups is 1. The lowest BCUT2D eigenvalue weighted by Crippen LogP contribution is -2.45. The molecule has 1 aliphatic heterocycles. The minimum atomic E-state index is -0.0390. The molecule has 1 aromatic carbocycles. The molecule has 34 heavy (non-hydrogen) atoms. The van der Waals surface area contributed by atoms with Crippen LogP contribution in [0.5, 0.6) is 0 Å². The summed E-state index contributed by atoms with van der Waals surface area (Å²) >= 11 is 12.6. The summed E-state index contributed by atoms with van der Waals surface area (Å²) in [5.41, 5.74) is 13.9. The van der Waals surface area contributed by atoms with Gasteiger partial charge in [0.05, 0.1) is 21.8 Å². The summed E-state index contributed by atoms with van der Waals surface area (Å²) in [7, 11) is 1.94. The standard InChI is InChI=1S/C24H35Cl2N7O/c1-15(2)13-17(30-23(27)28)7-10-29-24(34)33-11-8-16(9-12-33)21-14-20(31-32(21)3)18-5-4-6-19(25)22(18)26/h4-6,14-17H,7-13H2,1-3H3,(H,29,34)(H4,27,28,30)/t17-/m0/s1. The fraction of sp³-hybridized carbons (Fsp3) is 0.542. The van der Waals surface area contributed by atoms with E-state index in [1.165, 1.54) is 0 Å². The summed E-state index contributed by atoms with van der Waals surface area (Å²) in [6.45, 7) is 6.19. The van der Waals surface area contributed by atoms with Crippen molar-refractivity contribution in [3.05, 3.63) is 40.0 Å². The molecule has 0 unspecified atom stereocenters. The molecule has 3 rings (SSSR count). The highest BCUT2D eigenvalue weighted by molar-refractivity contribution is 6.43. The van der Waals surface area contributed by atoms with Gasteiger partial charge in [-0.2, -0.15) is 5.10 Å². The molecular formula is C24H35Cl2N7O. The maximum absolute atomic E-state index is 12.7. The number of hydrogen-bond acceptors (Lipinski definition) is 3. The van der Waals surface area contributed by atoms with Gasteiger partial charge in [0, 0.05) is 43.9 Å². The van der Waals surface area contributed by atoms with Crippen LogP contribution in [0.2, 0.25) is 10.0 Å². The van der Waals surface area contributed by atoms with E-state index in [0.29, 0.717) is 47.9 Å². The molecule has 1 aromatic heterocycles. The van der Waals surface area contributed by atoms with E-state index in [1.54, 1.807) is 6.07 Å². The van der Waals surface area contributed by atoms with Gasteiger partial charge in [-0.05, 0) is 43.7 Å². The van der Waals surface area contributed by atoms with Crippen LogP contribution >= 0.6 is 23.2 Å². The van der Waals surface area contributed by atoms with Gasteiger partial charge in [0.1, 0.15) is 0 Å². The lowest BCUT2D eigenvalue weighted by atomic mass is 9.93. The zero-order valence-corrected chi connectivity index (χ0v) is 21.6. The first-order valence-electron chi connectivity index (χ1n) is 11.8. The zero-order valence-electron chi connectivity index (χ0n) is 20.1. The van der Waals surface area contributed by atoms with E-state index in [-0.39, 0.29) is 18.0 Å². The van der Waals surface area contributed by atoms with Crippen LogP contribution < -0.4 is 16.8 Å². The Kier molecular flexibility index (Phi) is 9.08. The van der Waals surface area contributed by atoms with Gasteiger partial charge in [0.15, 0.2) is 5.96 Å². The number of aromatic nitrogens is 2. The van der Waals surface area contributed by atoms with Crippen molar-refractivity contribution in [1.82, 2.24) is 20.0 Å². The topological polar surface area (TPSA) is 115 Å². The first-order chi connectivity index (χ1) is 16.2. The molecule has 0 bridgehead atoms. The molecule has 2 heterocycles. The summed E-state index contributed by atoms with van der Waals surface area (Å²) in [5.74, 6) is 0.894. The van der Waals surface area contributed by atoms with Crippen molar-refractivity contribution in [2.75, 3.05) is 19.6 Å². The van der Waals surface area contributed by atoms with Gasteiger partial charge in [-0.15, -0.1) is 0 Å². The van der Waals surface area contributed by atoms with Crippen molar-refractivity contribution >= 4 is 35.2 Å². The largest absolute Gasteiger partial charge is 0.370 e. The van der Waals surface area contributed by atoms with Gasteiger partial charge in [-0.3, -0.25) is 9.67 Å². The highest BCUT2D eigenvalue weighted by atomic mass is 35.5. The van der Waals surface area contributed by atoms with Crippen LogP contribution in [0.4, 0.5) is 4.79 Å². The van der Waals surface area contributed by atoms with Gasteiger partial charge in [-0.25, -0.2) is 4.79 Å². The number of hydrogen-bond donors (Lipinski definition) is 3. The second-order valence-electron chi connectivity index (χ2n) is 9.30. The third-order valence-electron chi connectivity index (χ3n) is 6.17. The number of carbonyl (C=O) groups excluding carboxylic acids is 1. The monoisotopic (exact) mass is 507 g/mol. The van der Waals surface area contributed by atoms with E-state index in [2.05, 4.69) is 35.3 Å². The number of nitrogens with zero attached hydrogens (tertiary/aromatic N) is 4. The fourth-order valence-corrected chi connectivity index (χ4v) is 4.92. The Labute approximate surface area is 211 Å². The first-order valence-corrected chi connectivity index (χ1v) is 12.5. The van der Waals surface area contributed by atoms with Crippen molar-refractivity contribution in [3.63, 3.8) is 0 Å². The summed E-state index contributed by atoms with van der Waals surface area (Å²) < 4.78 is 1.91. The van der Waals surface area contributed by atoms with E-state index in [1.807, 2.05) is 28.8 Å². The van der Waals surface area contributed by atoms with E-state index in [9.17, 15) is 4.79 Å². The van der Waals surface area contributed by atoms with Gasteiger partial charge in [-0.1, -0.05) is 49.2 Å². The molecule has 1 saturated heterocycles. The number of nitrogens with two attached hydrogens (primary N) is 2. The third-order valence-corrected chi connectivity index (χ3v) is 6.99. The van der Waals surface area contributed by atoms with Crippen LogP contribution in [0, 0.1) is 5.92 Å². The van der Waals surface area contributed by atoms with Crippen molar-refractivity contribution < 1.29 is 4.79 Å². The number of likely N-dealkylation sites (tertiary alicyclic amines) is 1. The second-order valence-corrected chi connectivity index (χ2v) is 10.1. The Morgan fingerprint density at radius 1 is 1.26 bits per heavy atom. The molecule has 0 aliphatic carbocycles. The van der Waals surface area contributed by atoms with Gasteiger partial charge < -0.3 is 21.7 Å². The lowest BCUT2D eigenvalue weighted by molar-refractivity contribution is 0.180. The van der Waals surface area contributed by atoms with Crippen molar-refractivity contribution in [2.45, 2.75) is 51.5 Å². The number of urea groups is 1. The third kappa shape index (κ3) is 6.79. The van der Waals surface area contributed by atoms with E-state index in [0.717, 1.165) is 36.2 Å². The zero-order chi connectivity index (χ0) is 24.8. The molecule has 1 fully saturated rings. The van der Waals surface area contributed by atoms with E-state index in [4.69, 9.17) is 34.7 Å². The molecule has 1 aliphatic rings. The quantitative estimate of drug-likeness (QED) is 0.363. The number of halogens is 2.